The normalized spacial score (nSPS) is 11.2. The number of aliphatic hydroxyl groups excluding tert-OH is 1. The molecule has 0 saturated carbocycles. The summed E-state index contributed by atoms with van der Waals surface area (Å²) in [6.45, 7) is 0.126. The van der Waals surface area contributed by atoms with Crippen LogP contribution in [0.4, 0.5) is 13.2 Å². The second-order valence-corrected chi connectivity index (χ2v) is 4.83. The van der Waals surface area contributed by atoms with Crippen molar-refractivity contribution in [3.63, 3.8) is 0 Å². The molecule has 2 aromatic rings. The maximum Gasteiger partial charge on any atom is 0.573 e. The molecular formula is C17H17F3O4. The number of halogens is 3. The molecule has 0 heterocycles. The van der Waals surface area contributed by atoms with Crippen molar-refractivity contribution in [1.29, 1.82) is 0 Å². The van der Waals surface area contributed by atoms with Crippen LogP contribution in [0.2, 0.25) is 0 Å². The lowest BCUT2D eigenvalue weighted by Crippen LogP contribution is -2.17. The summed E-state index contributed by atoms with van der Waals surface area (Å²) < 4.78 is 52.8. The smallest absolute Gasteiger partial charge is 0.496 e. The Morgan fingerprint density at radius 1 is 1.00 bits per heavy atom. The third-order valence-corrected chi connectivity index (χ3v) is 3.15. The molecule has 0 radical (unpaired) electrons. The van der Waals surface area contributed by atoms with Crippen molar-refractivity contribution in [1.82, 2.24) is 0 Å². The van der Waals surface area contributed by atoms with Gasteiger partial charge in [0, 0.05) is 30.2 Å². The van der Waals surface area contributed by atoms with Gasteiger partial charge in [-0.25, -0.2) is 0 Å². The van der Waals surface area contributed by atoms with Gasteiger partial charge in [-0.05, 0) is 18.2 Å². The molecule has 0 bridgehead atoms. The van der Waals surface area contributed by atoms with E-state index in [1.807, 2.05) is 0 Å². The predicted molar refractivity (Wildman–Crippen MR) is 82.3 cm³/mol. The van der Waals surface area contributed by atoms with Gasteiger partial charge in [-0.2, -0.15) is 0 Å². The maximum atomic E-state index is 12.7. The molecule has 7 heteroatoms. The van der Waals surface area contributed by atoms with Crippen LogP contribution in [0.15, 0.2) is 42.5 Å². The zero-order valence-corrected chi connectivity index (χ0v) is 13.0. The molecule has 0 saturated heterocycles. The number of methoxy groups -OCH3 is 1. The molecule has 0 atom stereocenters. The fourth-order valence-electron chi connectivity index (χ4n) is 2.15. The van der Waals surface area contributed by atoms with E-state index in [2.05, 4.69) is 4.74 Å². The minimum absolute atomic E-state index is 0.0643. The van der Waals surface area contributed by atoms with E-state index in [0.717, 1.165) is 0 Å². The molecule has 130 valence electrons. The highest BCUT2D eigenvalue weighted by Crippen LogP contribution is 2.40. The molecule has 4 nitrogen and oxygen atoms in total. The molecule has 0 spiro atoms. The molecule has 0 amide bonds. The zero-order valence-electron chi connectivity index (χ0n) is 13.0. The monoisotopic (exact) mass is 342 g/mol. The molecule has 2 rings (SSSR count). The fourth-order valence-corrected chi connectivity index (χ4v) is 2.15. The first-order valence-electron chi connectivity index (χ1n) is 7.21. The number of para-hydroxylation sites is 1. The minimum Gasteiger partial charge on any atom is -0.496 e. The van der Waals surface area contributed by atoms with Crippen LogP contribution >= 0.6 is 0 Å². The van der Waals surface area contributed by atoms with Crippen LogP contribution in [0.1, 0.15) is 6.42 Å². The minimum atomic E-state index is -4.83. The molecule has 0 aromatic heterocycles. The Kier molecular flexibility index (Phi) is 5.92. The van der Waals surface area contributed by atoms with Gasteiger partial charge >= 0.3 is 6.36 Å². The Morgan fingerprint density at radius 3 is 2.38 bits per heavy atom. The van der Waals surface area contributed by atoms with Crippen molar-refractivity contribution in [3.8, 4) is 28.4 Å². The van der Waals surface area contributed by atoms with Crippen LogP contribution in [-0.2, 0) is 0 Å². The van der Waals surface area contributed by atoms with Gasteiger partial charge in [0.1, 0.15) is 17.2 Å². The van der Waals surface area contributed by atoms with Crippen molar-refractivity contribution >= 4 is 0 Å². The van der Waals surface area contributed by atoms with Crippen LogP contribution in [-0.4, -0.2) is 31.8 Å². The molecule has 0 aliphatic carbocycles. The second kappa shape index (κ2) is 7.92. The van der Waals surface area contributed by atoms with Crippen molar-refractivity contribution in [3.05, 3.63) is 42.5 Å². The molecule has 2 aromatic carbocycles. The van der Waals surface area contributed by atoms with Gasteiger partial charge in [0.2, 0.25) is 0 Å². The first kappa shape index (κ1) is 17.9. The average Bonchev–Trinajstić information content (AvgIpc) is 2.54. The van der Waals surface area contributed by atoms with E-state index in [4.69, 9.17) is 14.6 Å². The summed E-state index contributed by atoms with van der Waals surface area (Å²) in [5.74, 6) is 0.272. The van der Waals surface area contributed by atoms with Gasteiger partial charge in [-0.15, -0.1) is 13.2 Å². The van der Waals surface area contributed by atoms with Crippen molar-refractivity contribution in [2.45, 2.75) is 12.8 Å². The van der Waals surface area contributed by atoms with Gasteiger partial charge in [0.05, 0.1) is 13.7 Å². The molecule has 24 heavy (non-hydrogen) atoms. The molecule has 1 N–H and O–H groups in total. The number of ether oxygens (including phenoxy) is 3. The summed E-state index contributed by atoms with van der Waals surface area (Å²) in [5.41, 5.74) is 0.709. The number of aliphatic hydroxyl groups is 1. The van der Waals surface area contributed by atoms with Crippen LogP contribution < -0.4 is 14.2 Å². The van der Waals surface area contributed by atoms with Crippen molar-refractivity contribution < 1.29 is 32.5 Å². The first-order valence-corrected chi connectivity index (χ1v) is 7.21. The standard InChI is InChI=1S/C17H17F3O4/c1-22-15-6-3-2-5-13(15)14-8-7-12(23-10-4-9-21)11-16(14)24-17(18,19)20/h2-3,5-8,11,21H,4,9-10H2,1H3. The Balaban J connectivity index is 2.42. The van der Waals surface area contributed by atoms with Crippen LogP contribution in [0, 0.1) is 0 Å². The molecule has 0 unspecified atom stereocenters. The Labute approximate surface area is 137 Å². The molecule has 0 aliphatic heterocycles. The van der Waals surface area contributed by atoms with E-state index in [9.17, 15) is 13.2 Å². The zero-order chi connectivity index (χ0) is 17.6. The first-order chi connectivity index (χ1) is 11.4. The number of benzene rings is 2. The van der Waals surface area contributed by atoms with Crippen molar-refractivity contribution in [2.24, 2.45) is 0 Å². The lowest BCUT2D eigenvalue weighted by Gasteiger charge is -2.16. The highest BCUT2D eigenvalue weighted by Gasteiger charge is 2.32. The topological polar surface area (TPSA) is 47.9 Å². The summed E-state index contributed by atoms with van der Waals surface area (Å²) in [7, 11) is 1.44. The number of rotatable bonds is 7. The van der Waals surface area contributed by atoms with E-state index >= 15 is 0 Å². The van der Waals surface area contributed by atoms with Crippen LogP contribution in [0.25, 0.3) is 11.1 Å². The summed E-state index contributed by atoms with van der Waals surface area (Å²) in [6, 6.07) is 10.9. The number of hydrogen-bond donors (Lipinski definition) is 1. The molecular weight excluding hydrogens is 325 g/mol. The van der Waals surface area contributed by atoms with Gasteiger partial charge < -0.3 is 19.3 Å². The van der Waals surface area contributed by atoms with E-state index in [1.54, 1.807) is 30.3 Å². The molecule has 0 fully saturated rings. The van der Waals surface area contributed by atoms with Crippen LogP contribution in [0.5, 0.6) is 17.2 Å². The summed E-state index contributed by atoms with van der Waals surface area (Å²) in [4.78, 5) is 0. The van der Waals surface area contributed by atoms with E-state index < -0.39 is 6.36 Å². The largest absolute Gasteiger partial charge is 0.573 e. The third-order valence-electron chi connectivity index (χ3n) is 3.15. The van der Waals surface area contributed by atoms with E-state index in [1.165, 1.54) is 19.2 Å². The lowest BCUT2D eigenvalue weighted by molar-refractivity contribution is -0.274. The Hall–Kier alpha value is -2.41. The second-order valence-electron chi connectivity index (χ2n) is 4.83. The Morgan fingerprint density at radius 2 is 1.71 bits per heavy atom. The maximum absolute atomic E-state index is 12.7. The number of hydrogen-bond acceptors (Lipinski definition) is 4. The predicted octanol–water partition coefficient (Wildman–Crippen LogP) is 4.02. The quantitative estimate of drug-likeness (QED) is 0.772. The van der Waals surface area contributed by atoms with Gasteiger partial charge in [-0.1, -0.05) is 18.2 Å². The Bertz CT molecular complexity index is 671. The summed E-state index contributed by atoms with van der Waals surface area (Å²) in [6.07, 6.45) is -4.45. The van der Waals surface area contributed by atoms with Crippen LogP contribution in [0.3, 0.4) is 0 Å². The van der Waals surface area contributed by atoms with Crippen molar-refractivity contribution in [2.75, 3.05) is 20.3 Å². The lowest BCUT2D eigenvalue weighted by atomic mass is 10.0. The van der Waals surface area contributed by atoms with Gasteiger partial charge in [-0.3, -0.25) is 0 Å². The van der Waals surface area contributed by atoms with E-state index in [0.29, 0.717) is 17.7 Å². The highest BCUT2D eigenvalue weighted by molar-refractivity contribution is 5.76. The highest BCUT2D eigenvalue weighted by atomic mass is 19.4. The van der Waals surface area contributed by atoms with Gasteiger partial charge in [0.15, 0.2) is 0 Å². The summed E-state index contributed by atoms with van der Waals surface area (Å²) >= 11 is 0. The fraction of sp³-hybridized carbons (Fsp3) is 0.294. The van der Waals surface area contributed by atoms with E-state index in [-0.39, 0.29) is 30.3 Å². The average molecular weight is 342 g/mol. The number of alkyl halides is 3. The van der Waals surface area contributed by atoms with Gasteiger partial charge in [0.25, 0.3) is 0 Å². The summed E-state index contributed by atoms with van der Waals surface area (Å²) in [5, 5.41) is 8.73. The molecule has 0 aliphatic rings. The third kappa shape index (κ3) is 4.79. The SMILES string of the molecule is COc1ccccc1-c1ccc(OCCCO)cc1OC(F)(F)F.